The molecule has 1 aliphatic heterocycles. The van der Waals surface area contributed by atoms with Crippen LogP contribution in [-0.2, 0) is 11.2 Å². The van der Waals surface area contributed by atoms with Gasteiger partial charge in [0, 0.05) is 37.1 Å². The van der Waals surface area contributed by atoms with Crippen LogP contribution < -0.4 is 5.32 Å². The van der Waals surface area contributed by atoms with Crippen LogP contribution in [0.5, 0.6) is 0 Å². The van der Waals surface area contributed by atoms with Gasteiger partial charge in [-0.15, -0.1) is 35.3 Å². The number of aromatic nitrogens is 1. The van der Waals surface area contributed by atoms with Crippen LogP contribution in [0.2, 0.25) is 0 Å². The molecule has 1 atom stereocenters. The molecule has 0 amide bonds. The van der Waals surface area contributed by atoms with Gasteiger partial charge in [-0.25, -0.2) is 4.98 Å². The first kappa shape index (κ1) is 22.1. The fraction of sp³-hybridized carbons (Fsp3) is 0.500. The van der Waals surface area contributed by atoms with Crippen molar-refractivity contribution in [3.05, 3.63) is 51.5 Å². The Balaban J connectivity index is 0.00000261. The zero-order chi connectivity index (χ0) is 18.4. The lowest BCUT2D eigenvalue weighted by Gasteiger charge is -2.35. The molecule has 1 saturated heterocycles. The highest BCUT2D eigenvalue weighted by atomic mass is 127. The summed E-state index contributed by atoms with van der Waals surface area (Å²) in [7, 11) is 0. The monoisotopic (exact) mass is 500 g/mol. The van der Waals surface area contributed by atoms with Crippen LogP contribution in [-0.4, -0.2) is 48.6 Å². The molecule has 5 nitrogen and oxygen atoms in total. The number of nitrogens with one attached hydrogen (secondary N) is 1. The number of benzene rings is 1. The van der Waals surface area contributed by atoms with Crippen LogP contribution in [0, 0.1) is 13.8 Å². The van der Waals surface area contributed by atoms with Crippen molar-refractivity contribution in [1.29, 1.82) is 0 Å². The van der Waals surface area contributed by atoms with Gasteiger partial charge in [-0.3, -0.25) is 4.99 Å². The zero-order valence-electron chi connectivity index (χ0n) is 16.3. The van der Waals surface area contributed by atoms with Gasteiger partial charge >= 0.3 is 0 Å². The summed E-state index contributed by atoms with van der Waals surface area (Å²) >= 11 is 1.75. The number of aryl methyl sites for hydroxylation is 2. The second kappa shape index (κ2) is 11.0. The summed E-state index contributed by atoms with van der Waals surface area (Å²) in [5, 5.41) is 4.59. The van der Waals surface area contributed by atoms with Crippen molar-refractivity contribution in [2.24, 2.45) is 4.99 Å². The van der Waals surface area contributed by atoms with Crippen molar-refractivity contribution >= 4 is 41.3 Å². The molecule has 0 radical (unpaired) electrons. The first-order valence-electron chi connectivity index (χ1n) is 9.29. The third-order valence-electron chi connectivity index (χ3n) is 4.49. The number of hydrogen-bond acceptors (Lipinski definition) is 4. The van der Waals surface area contributed by atoms with E-state index in [1.54, 1.807) is 11.3 Å². The Morgan fingerprint density at radius 3 is 2.89 bits per heavy atom. The number of hydrogen-bond donors (Lipinski definition) is 1. The normalized spacial score (nSPS) is 17.5. The molecule has 3 rings (SSSR count). The summed E-state index contributed by atoms with van der Waals surface area (Å²) in [5.41, 5.74) is 2.55. The molecular formula is C20H29IN4OS. The van der Waals surface area contributed by atoms with E-state index in [-0.39, 0.29) is 30.1 Å². The van der Waals surface area contributed by atoms with E-state index in [0.717, 1.165) is 50.2 Å². The predicted octanol–water partition coefficient (Wildman–Crippen LogP) is 3.96. The third-order valence-corrected chi connectivity index (χ3v) is 5.47. The highest BCUT2D eigenvalue weighted by Crippen LogP contribution is 2.25. The van der Waals surface area contributed by atoms with Gasteiger partial charge in [-0.05, 0) is 31.9 Å². The van der Waals surface area contributed by atoms with Gasteiger partial charge in [0.15, 0.2) is 5.96 Å². The van der Waals surface area contributed by atoms with Crippen LogP contribution in [0.1, 0.15) is 34.0 Å². The second-order valence-electron chi connectivity index (χ2n) is 6.51. The average molecular weight is 500 g/mol. The van der Waals surface area contributed by atoms with Gasteiger partial charge in [-0.2, -0.15) is 0 Å². The number of morpholine rings is 1. The standard InChI is InChI=1S/C20H28N4OS.HI/c1-4-21-20(22-10-9-19-23-13-16(3)26-19)24-11-12-25-18(14-24)17-8-6-5-7-15(17)2;/h5-8,13,18H,4,9-12,14H2,1-3H3,(H,21,22);1H. The molecule has 1 aliphatic rings. The molecule has 1 aromatic carbocycles. The summed E-state index contributed by atoms with van der Waals surface area (Å²) in [6.45, 7) is 10.4. The molecule has 2 aromatic rings. The number of aliphatic imine (C=N–C) groups is 1. The molecule has 1 aromatic heterocycles. The van der Waals surface area contributed by atoms with E-state index in [1.165, 1.54) is 16.0 Å². The largest absolute Gasteiger partial charge is 0.370 e. The molecule has 7 heteroatoms. The van der Waals surface area contributed by atoms with E-state index in [2.05, 4.69) is 60.2 Å². The lowest BCUT2D eigenvalue weighted by Crippen LogP contribution is -2.48. The van der Waals surface area contributed by atoms with Crippen molar-refractivity contribution in [1.82, 2.24) is 15.2 Å². The molecule has 1 N–H and O–H groups in total. The second-order valence-corrected chi connectivity index (χ2v) is 7.83. The van der Waals surface area contributed by atoms with E-state index in [4.69, 9.17) is 9.73 Å². The Bertz CT molecular complexity index is 749. The quantitative estimate of drug-likeness (QED) is 0.384. The van der Waals surface area contributed by atoms with Crippen LogP contribution in [0.15, 0.2) is 35.5 Å². The Hall–Kier alpha value is -1.19. The van der Waals surface area contributed by atoms with Crippen LogP contribution in [0.3, 0.4) is 0 Å². The summed E-state index contributed by atoms with van der Waals surface area (Å²) in [6, 6.07) is 8.47. The predicted molar refractivity (Wildman–Crippen MR) is 123 cm³/mol. The minimum Gasteiger partial charge on any atom is -0.370 e. The van der Waals surface area contributed by atoms with Gasteiger partial charge in [0.1, 0.15) is 6.10 Å². The average Bonchev–Trinajstić information content (AvgIpc) is 3.07. The lowest BCUT2D eigenvalue weighted by molar-refractivity contribution is -0.00832. The summed E-state index contributed by atoms with van der Waals surface area (Å²) in [6.07, 6.45) is 2.92. The first-order chi connectivity index (χ1) is 12.7. The molecule has 148 valence electrons. The highest BCUT2D eigenvalue weighted by Gasteiger charge is 2.25. The molecule has 1 fully saturated rings. The van der Waals surface area contributed by atoms with Gasteiger partial charge in [0.25, 0.3) is 0 Å². The molecular weight excluding hydrogens is 471 g/mol. The maximum Gasteiger partial charge on any atom is 0.194 e. The van der Waals surface area contributed by atoms with Gasteiger partial charge in [-0.1, -0.05) is 24.3 Å². The van der Waals surface area contributed by atoms with Gasteiger partial charge < -0.3 is 15.0 Å². The van der Waals surface area contributed by atoms with E-state index >= 15 is 0 Å². The fourth-order valence-corrected chi connectivity index (χ4v) is 3.95. The van der Waals surface area contributed by atoms with Crippen LogP contribution >= 0.6 is 35.3 Å². The number of guanidine groups is 1. The SMILES string of the molecule is CCNC(=NCCc1ncc(C)s1)N1CCOC(c2ccccc2C)C1.I. The zero-order valence-corrected chi connectivity index (χ0v) is 19.4. The van der Waals surface area contributed by atoms with Gasteiger partial charge in [0.05, 0.1) is 18.2 Å². The van der Waals surface area contributed by atoms with E-state index in [0.29, 0.717) is 0 Å². The van der Waals surface area contributed by atoms with E-state index < -0.39 is 0 Å². The molecule has 0 spiro atoms. The smallest absolute Gasteiger partial charge is 0.194 e. The fourth-order valence-electron chi connectivity index (χ4n) is 3.18. The minimum atomic E-state index is 0. The molecule has 1 unspecified atom stereocenters. The summed E-state index contributed by atoms with van der Waals surface area (Å²) < 4.78 is 6.05. The van der Waals surface area contributed by atoms with Crippen molar-refractivity contribution in [3.8, 4) is 0 Å². The van der Waals surface area contributed by atoms with Crippen molar-refractivity contribution in [2.75, 3.05) is 32.8 Å². The lowest BCUT2D eigenvalue weighted by atomic mass is 10.0. The van der Waals surface area contributed by atoms with Crippen molar-refractivity contribution in [2.45, 2.75) is 33.3 Å². The Kier molecular flexibility index (Phi) is 8.98. The number of nitrogens with zero attached hydrogens (tertiary/aromatic N) is 3. The summed E-state index contributed by atoms with van der Waals surface area (Å²) in [4.78, 5) is 12.8. The third kappa shape index (κ3) is 6.15. The topological polar surface area (TPSA) is 49.8 Å². The first-order valence-corrected chi connectivity index (χ1v) is 10.1. The molecule has 0 saturated carbocycles. The Morgan fingerprint density at radius 2 is 2.19 bits per heavy atom. The van der Waals surface area contributed by atoms with Crippen LogP contribution in [0.4, 0.5) is 0 Å². The van der Waals surface area contributed by atoms with Crippen LogP contribution in [0.25, 0.3) is 0 Å². The number of rotatable bonds is 5. The van der Waals surface area contributed by atoms with Crippen molar-refractivity contribution in [3.63, 3.8) is 0 Å². The van der Waals surface area contributed by atoms with E-state index in [9.17, 15) is 0 Å². The highest BCUT2D eigenvalue weighted by molar-refractivity contribution is 14.0. The van der Waals surface area contributed by atoms with E-state index in [1.807, 2.05) is 6.20 Å². The maximum atomic E-state index is 6.05. The minimum absolute atomic E-state index is 0. The molecule has 2 heterocycles. The molecule has 0 bridgehead atoms. The van der Waals surface area contributed by atoms with Crippen molar-refractivity contribution < 1.29 is 4.74 Å². The number of halogens is 1. The molecule has 27 heavy (non-hydrogen) atoms. The Labute approximate surface area is 183 Å². The summed E-state index contributed by atoms with van der Waals surface area (Å²) in [5.74, 6) is 0.975. The Morgan fingerprint density at radius 1 is 1.37 bits per heavy atom. The van der Waals surface area contributed by atoms with Gasteiger partial charge in [0.2, 0.25) is 0 Å². The maximum absolute atomic E-state index is 6.05. The number of thiazole rings is 1. The molecule has 0 aliphatic carbocycles. The number of ether oxygens (including phenoxy) is 1.